The number of fused-ring (bicyclic) bond motifs is 1. The Morgan fingerprint density at radius 1 is 1.17 bits per heavy atom. The number of nitrogens with one attached hydrogen (secondary N) is 3. The van der Waals surface area contributed by atoms with Crippen molar-refractivity contribution in [3.05, 3.63) is 95.1 Å². The highest BCUT2D eigenvalue weighted by atomic mass is 32.3. The molecule has 0 radical (unpaired) electrons. The van der Waals surface area contributed by atoms with Gasteiger partial charge in [0.2, 0.25) is 5.91 Å². The van der Waals surface area contributed by atoms with E-state index in [0.29, 0.717) is 36.1 Å². The number of carbonyl (C=O) groups excluding carboxylic acids is 2. The normalized spacial score (nSPS) is 21.0. The lowest BCUT2D eigenvalue weighted by Crippen LogP contribution is -2.61. The minimum Gasteiger partial charge on any atom is -0.493 e. The molecule has 3 N–H and O–H groups in total. The van der Waals surface area contributed by atoms with Crippen molar-refractivity contribution < 1.29 is 30.8 Å². The molecule has 0 spiro atoms. The quantitative estimate of drug-likeness (QED) is 0.326. The van der Waals surface area contributed by atoms with E-state index in [1.165, 1.54) is 29.2 Å². The predicted molar refractivity (Wildman–Crippen MR) is 153 cm³/mol. The molecule has 0 saturated carbocycles. The van der Waals surface area contributed by atoms with E-state index in [1.54, 1.807) is 24.3 Å². The van der Waals surface area contributed by atoms with E-state index in [0.717, 1.165) is 11.3 Å². The Balaban J connectivity index is 1.49. The molecule has 42 heavy (non-hydrogen) atoms. The number of amides is 2. The number of benzene rings is 3. The molecule has 3 aromatic rings. The van der Waals surface area contributed by atoms with Crippen LogP contribution in [-0.2, 0) is 15.3 Å². The van der Waals surface area contributed by atoms with E-state index in [1.807, 2.05) is 38.1 Å². The van der Waals surface area contributed by atoms with Crippen LogP contribution in [0.1, 0.15) is 72.2 Å². The molecule has 12 heteroatoms. The lowest BCUT2D eigenvalue weighted by Gasteiger charge is -2.43. The minimum atomic E-state index is -5.22. The molecule has 5 rings (SSSR count). The first-order chi connectivity index (χ1) is 20.0. The lowest BCUT2D eigenvalue weighted by atomic mass is 9.89. The van der Waals surface area contributed by atoms with Crippen LogP contribution in [0.2, 0.25) is 0 Å². The molecule has 2 heterocycles. The van der Waals surface area contributed by atoms with Gasteiger partial charge in [-0.05, 0) is 54.8 Å². The number of carbonyl (C=O) groups is 2. The van der Waals surface area contributed by atoms with E-state index >= 15 is 0 Å². The van der Waals surface area contributed by atoms with E-state index < -0.39 is 22.1 Å². The number of halogens is 1. The summed E-state index contributed by atoms with van der Waals surface area (Å²) in [6.07, 6.45) is 1.36. The Hall–Kier alpha value is -4.45. The molecule has 2 aliphatic rings. The number of guanidine groups is 1. The van der Waals surface area contributed by atoms with Crippen molar-refractivity contribution in [2.24, 2.45) is 0 Å². The largest absolute Gasteiger partial charge is 0.493 e. The highest BCUT2D eigenvalue weighted by Gasteiger charge is 2.41. The second kappa shape index (κ2) is 11.4. The first-order valence-corrected chi connectivity index (χ1v) is 14.8. The Morgan fingerprint density at radius 3 is 2.60 bits per heavy atom. The second-order valence-electron chi connectivity index (χ2n) is 10.6. The average Bonchev–Trinajstić information content (AvgIpc) is 2.95. The van der Waals surface area contributed by atoms with Crippen LogP contribution in [0, 0.1) is 5.41 Å². The Labute approximate surface area is 243 Å². The maximum Gasteiger partial charge on any atom is 0.488 e. The van der Waals surface area contributed by atoms with Gasteiger partial charge in [-0.3, -0.25) is 19.9 Å². The van der Waals surface area contributed by atoms with Crippen LogP contribution in [0.3, 0.4) is 0 Å². The van der Waals surface area contributed by atoms with Crippen LogP contribution in [0.25, 0.3) is 0 Å². The van der Waals surface area contributed by atoms with Crippen LogP contribution in [0.4, 0.5) is 3.89 Å². The number of nitrogens with zero attached hydrogens (tertiary/aromatic N) is 1. The SMILES string of the molecule is CCC1(C)CC(=O)N(C(c2ccc(OS(=O)(=O)F)cc2)c2cccc(C(=O)N[C@H]3CCOc4ccccc43)c2)C(=N)N1. The third-order valence-corrected chi connectivity index (χ3v) is 8.02. The summed E-state index contributed by atoms with van der Waals surface area (Å²) in [6, 6.07) is 18.7. The summed E-state index contributed by atoms with van der Waals surface area (Å²) in [7, 11) is -5.22. The molecule has 2 unspecified atom stereocenters. The Morgan fingerprint density at radius 2 is 1.90 bits per heavy atom. The van der Waals surface area contributed by atoms with Gasteiger partial charge in [0.25, 0.3) is 5.91 Å². The predicted octanol–water partition coefficient (Wildman–Crippen LogP) is 4.55. The number of rotatable bonds is 8. The maximum absolute atomic E-state index is 13.5. The highest BCUT2D eigenvalue weighted by Crippen LogP contribution is 2.35. The molecule has 0 aromatic heterocycles. The fourth-order valence-corrected chi connectivity index (χ4v) is 5.66. The van der Waals surface area contributed by atoms with Gasteiger partial charge in [0.1, 0.15) is 11.5 Å². The molecule has 0 aliphatic carbocycles. The summed E-state index contributed by atoms with van der Waals surface area (Å²) >= 11 is 0. The van der Waals surface area contributed by atoms with Gasteiger partial charge in [0.05, 0.1) is 25.1 Å². The highest BCUT2D eigenvalue weighted by molar-refractivity contribution is 7.81. The van der Waals surface area contributed by atoms with Crippen molar-refractivity contribution in [1.82, 2.24) is 15.5 Å². The van der Waals surface area contributed by atoms with Gasteiger partial charge < -0.3 is 19.6 Å². The van der Waals surface area contributed by atoms with Gasteiger partial charge >= 0.3 is 10.5 Å². The molecule has 1 saturated heterocycles. The van der Waals surface area contributed by atoms with Crippen molar-refractivity contribution >= 4 is 28.3 Å². The maximum atomic E-state index is 13.5. The second-order valence-corrected chi connectivity index (χ2v) is 11.6. The van der Waals surface area contributed by atoms with Crippen molar-refractivity contribution in [2.45, 2.75) is 50.7 Å². The smallest absolute Gasteiger partial charge is 0.488 e. The summed E-state index contributed by atoms with van der Waals surface area (Å²) in [5.41, 5.74) is 1.69. The monoisotopic (exact) mass is 594 g/mol. The Bertz CT molecular complexity index is 1610. The molecule has 220 valence electrons. The summed E-state index contributed by atoms with van der Waals surface area (Å²) in [6.45, 7) is 4.27. The van der Waals surface area contributed by atoms with E-state index in [4.69, 9.17) is 10.1 Å². The van der Waals surface area contributed by atoms with Crippen LogP contribution in [0.15, 0.2) is 72.8 Å². The minimum absolute atomic E-state index is 0.110. The van der Waals surface area contributed by atoms with E-state index in [9.17, 15) is 21.9 Å². The molecule has 3 atom stereocenters. The molecule has 10 nitrogen and oxygen atoms in total. The van der Waals surface area contributed by atoms with Crippen LogP contribution < -0.4 is 19.6 Å². The van der Waals surface area contributed by atoms with Crippen LogP contribution >= 0.6 is 0 Å². The van der Waals surface area contributed by atoms with E-state index in [2.05, 4.69) is 14.8 Å². The topological polar surface area (TPSA) is 138 Å². The van der Waals surface area contributed by atoms with Crippen molar-refractivity contribution in [3.63, 3.8) is 0 Å². The molecule has 2 aliphatic heterocycles. The van der Waals surface area contributed by atoms with Gasteiger partial charge in [-0.15, -0.1) is 0 Å². The van der Waals surface area contributed by atoms with Crippen molar-refractivity contribution in [2.75, 3.05) is 6.61 Å². The number of hydrogen-bond acceptors (Lipinski definition) is 7. The molecule has 1 fully saturated rings. The molecule has 0 bridgehead atoms. The van der Waals surface area contributed by atoms with Gasteiger partial charge in [-0.25, -0.2) is 0 Å². The zero-order valence-electron chi connectivity index (χ0n) is 23.1. The zero-order valence-corrected chi connectivity index (χ0v) is 23.9. The molecule has 3 aromatic carbocycles. The van der Waals surface area contributed by atoms with Crippen molar-refractivity contribution in [1.29, 1.82) is 5.41 Å². The van der Waals surface area contributed by atoms with Crippen LogP contribution in [0.5, 0.6) is 11.5 Å². The van der Waals surface area contributed by atoms with Gasteiger partial charge in [-0.1, -0.05) is 53.3 Å². The van der Waals surface area contributed by atoms with E-state index in [-0.39, 0.29) is 36.0 Å². The van der Waals surface area contributed by atoms with Gasteiger partial charge in [-0.2, -0.15) is 8.42 Å². The standard InChI is InChI=1S/C30H31FN4O6S/c1-3-30(2)18-26(36)35(29(32)34-30)27(19-11-13-22(14-12-19)41-42(31,38)39)20-7-6-8-21(17-20)28(37)33-24-15-16-40-25-10-5-4-9-23(24)25/h4-14,17,24,27H,3,15-16,18H2,1-2H3,(H2,32,34)(H,33,37)/t24-,27?,30?/m0/s1. The first-order valence-electron chi connectivity index (χ1n) is 13.5. The summed E-state index contributed by atoms with van der Waals surface area (Å²) in [4.78, 5) is 28.3. The third-order valence-electron chi connectivity index (χ3n) is 7.63. The third kappa shape index (κ3) is 6.23. The summed E-state index contributed by atoms with van der Waals surface area (Å²) in [5, 5.41) is 15.0. The van der Waals surface area contributed by atoms with Gasteiger partial charge in [0, 0.05) is 23.1 Å². The number of para-hydroxylation sites is 1. The number of ether oxygens (including phenoxy) is 1. The lowest BCUT2D eigenvalue weighted by molar-refractivity contribution is -0.131. The summed E-state index contributed by atoms with van der Waals surface area (Å²) < 4.78 is 45.0. The van der Waals surface area contributed by atoms with Crippen molar-refractivity contribution in [3.8, 4) is 11.5 Å². The number of hydrogen-bond donors (Lipinski definition) is 3. The average molecular weight is 595 g/mol. The Kier molecular flexibility index (Phi) is 7.91. The summed E-state index contributed by atoms with van der Waals surface area (Å²) in [5.74, 6) is -0.244. The molecular weight excluding hydrogens is 563 g/mol. The zero-order chi connectivity index (χ0) is 30.1. The molecular formula is C30H31FN4O6S. The van der Waals surface area contributed by atoms with Gasteiger partial charge in [0.15, 0.2) is 5.96 Å². The molecule has 2 amide bonds. The fourth-order valence-electron chi connectivity index (χ4n) is 5.32. The van der Waals surface area contributed by atoms with Crippen LogP contribution in [-0.4, -0.2) is 43.2 Å². The fraction of sp³-hybridized carbons (Fsp3) is 0.300. The first kappa shape index (κ1) is 29.1.